The van der Waals surface area contributed by atoms with Crippen LogP contribution in [0.3, 0.4) is 0 Å². The minimum Gasteiger partial charge on any atom is -0.480 e. The number of thioether (sulfide) groups is 1. The molecule has 0 aromatic carbocycles. The summed E-state index contributed by atoms with van der Waals surface area (Å²) >= 11 is 1.66. The highest BCUT2D eigenvalue weighted by Gasteiger charge is 2.35. The van der Waals surface area contributed by atoms with E-state index in [2.05, 4.69) is 12.2 Å². The number of amides is 2. The van der Waals surface area contributed by atoms with Crippen molar-refractivity contribution in [2.75, 3.05) is 18.6 Å². The second-order valence-electron chi connectivity index (χ2n) is 5.15. The van der Waals surface area contributed by atoms with Gasteiger partial charge in [-0.2, -0.15) is 11.8 Å². The van der Waals surface area contributed by atoms with Gasteiger partial charge in [-0.1, -0.05) is 13.3 Å². The van der Waals surface area contributed by atoms with Crippen molar-refractivity contribution in [3.63, 3.8) is 0 Å². The van der Waals surface area contributed by atoms with Crippen molar-refractivity contribution in [2.24, 2.45) is 5.92 Å². The maximum absolute atomic E-state index is 12.1. The Balaban J connectivity index is 2.63. The number of nitrogens with zero attached hydrogens (tertiary/aromatic N) is 1. The Morgan fingerprint density at radius 2 is 2.21 bits per heavy atom. The molecule has 1 rings (SSSR count). The number of urea groups is 1. The molecule has 0 spiro atoms. The number of rotatable bonds is 5. The number of nitrogens with one attached hydrogen (secondary N) is 1. The van der Waals surface area contributed by atoms with E-state index >= 15 is 0 Å². The molecule has 0 aromatic heterocycles. The number of hydrogen-bond donors (Lipinski definition) is 2. The first-order valence-corrected chi connectivity index (χ1v) is 8.17. The van der Waals surface area contributed by atoms with Gasteiger partial charge < -0.3 is 15.3 Å². The SMILES string of the molecule is CCC1CCN(C(=O)NC(C)CSC)C(C(=O)O)C1. The number of carbonyl (C=O) groups is 2. The number of likely N-dealkylation sites (tertiary alicyclic amines) is 1. The molecule has 1 fully saturated rings. The van der Waals surface area contributed by atoms with E-state index in [0.29, 0.717) is 18.9 Å². The fraction of sp³-hybridized carbons (Fsp3) is 0.846. The Hall–Kier alpha value is -0.910. The molecule has 0 aliphatic carbocycles. The van der Waals surface area contributed by atoms with Crippen molar-refractivity contribution >= 4 is 23.8 Å². The lowest BCUT2D eigenvalue weighted by Gasteiger charge is -2.37. The number of hydrogen-bond acceptors (Lipinski definition) is 3. The molecule has 110 valence electrons. The Morgan fingerprint density at radius 1 is 1.53 bits per heavy atom. The van der Waals surface area contributed by atoms with E-state index < -0.39 is 12.0 Å². The highest BCUT2D eigenvalue weighted by molar-refractivity contribution is 7.98. The van der Waals surface area contributed by atoms with Crippen LogP contribution in [-0.2, 0) is 4.79 Å². The fourth-order valence-corrected chi connectivity index (χ4v) is 3.06. The van der Waals surface area contributed by atoms with Crippen LogP contribution in [0.5, 0.6) is 0 Å². The maximum Gasteiger partial charge on any atom is 0.326 e. The molecule has 2 amide bonds. The summed E-state index contributed by atoms with van der Waals surface area (Å²) in [7, 11) is 0. The van der Waals surface area contributed by atoms with Crippen LogP contribution in [0.25, 0.3) is 0 Å². The van der Waals surface area contributed by atoms with Gasteiger partial charge in [0.15, 0.2) is 0 Å². The highest BCUT2D eigenvalue weighted by Crippen LogP contribution is 2.25. The van der Waals surface area contributed by atoms with Crippen molar-refractivity contribution in [3.8, 4) is 0 Å². The predicted octanol–water partition coefficient (Wildman–Crippen LogP) is 2.02. The van der Waals surface area contributed by atoms with Crippen molar-refractivity contribution in [2.45, 2.75) is 45.2 Å². The lowest BCUT2D eigenvalue weighted by molar-refractivity contribution is -0.144. The molecular formula is C13H24N2O3S. The lowest BCUT2D eigenvalue weighted by atomic mass is 9.89. The standard InChI is InChI=1S/C13H24N2O3S/c1-4-10-5-6-15(11(7-10)12(16)17)13(18)14-9(2)8-19-3/h9-11H,4-8H2,1-3H3,(H,14,18)(H,16,17). The van der Waals surface area contributed by atoms with Crippen LogP contribution >= 0.6 is 11.8 Å². The lowest BCUT2D eigenvalue weighted by Crippen LogP contribution is -2.55. The van der Waals surface area contributed by atoms with Crippen LogP contribution in [0.2, 0.25) is 0 Å². The zero-order valence-corrected chi connectivity index (χ0v) is 12.7. The van der Waals surface area contributed by atoms with Crippen LogP contribution in [0.4, 0.5) is 4.79 Å². The average molecular weight is 288 g/mol. The minimum atomic E-state index is -0.897. The molecule has 2 N–H and O–H groups in total. The zero-order chi connectivity index (χ0) is 14.4. The summed E-state index contributed by atoms with van der Waals surface area (Å²) in [6.45, 7) is 4.54. The maximum atomic E-state index is 12.1. The first-order valence-electron chi connectivity index (χ1n) is 6.78. The summed E-state index contributed by atoms with van der Waals surface area (Å²) in [5, 5.41) is 12.2. The van der Waals surface area contributed by atoms with Crippen LogP contribution in [0.15, 0.2) is 0 Å². The van der Waals surface area contributed by atoms with Gasteiger partial charge in [-0.15, -0.1) is 0 Å². The van der Waals surface area contributed by atoms with Crippen LogP contribution in [-0.4, -0.2) is 52.6 Å². The van der Waals surface area contributed by atoms with Crippen LogP contribution in [0.1, 0.15) is 33.1 Å². The second kappa shape index (κ2) is 7.62. The number of carboxylic acids is 1. The van der Waals surface area contributed by atoms with Crippen molar-refractivity contribution in [3.05, 3.63) is 0 Å². The minimum absolute atomic E-state index is 0.0563. The molecule has 1 aliphatic heterocycles. The second-order valence-corrected chi connectivity index (χ2v) is 6.06. The van der Waals surface area contributed by atoms with Gasteiger partial charge in [0, 0.05) is 18.3 Å². The summed E-state index contributed by atoms with van der Waals surface area (Å²) in [6, 6.07) is -0.871. The Labute approximate surface area is 119 Å². The highest BCUT2D eigenvalue weighted by atomic mass is 32.2. The Bertz CT molecular complexity index is 325. The van der Waals surface area contributed by atoms with Gasteiger partial charge in [0.2, 0.25) is 0 Å². The molecule has 19 heavy (non-hydrogen) atoms. The summed E-state index contributed by atoms with van der Waals surface area (Å²) in [4.78, 5) is 24.9. The molecule has 1 saturated heterocycles. The van der Waals surface area contributed by atoms with E-state index in [0.717, 1.165) is 18.6 Å². The Morgan fingerprint density at radius 3 is 2.74 bits per heavy atom. The van der Waals surface area contributed by atoms with Crippen LogP contribution in [0, 0.1) is 5.92 Å². The van der Waals surface area contributed by atoms with E-state index in [1.54, 1.807) is 11.8 Å². The molecule has 6 heteroatoms. The number of piperidine rings is 1. The summed E-state index contributed by atoms with van der Waals surface area (Å²) < 4.78 is 0. The molecule has 3 atom stereocenters. The summed E-state index contributed by atoms with van der Waals surface area (Å²) in [6.07, 6.45) is 4.42. The van der Waals surface area contributed by atoms with Crippen LogP contribution < -0.4 is 5.32 Å². The third kappa shape index (κ3) is 4.60. The van der Waals surface area contributed by atoms with Gasteiger partial charge in [0.05, 0.1) is 0 Å². The molecule has 0 bridgehead atoms. The monoisotopic (exact) mass is 288 g/mol. The van der Waals surface area contributed by atoms with E-state index in [9.17, 15) is 14.7 Å². The molecule has 5 nitrogen and oxygen atoms in total. The van der Waals surface area contributed by atoms with Crippen molar-refractivity contribution < 1.29 is 14.7 Å². The van der Waals surface area contributed by atoms with Gasteiger partial charge >= 0.3 is 12.0 Å². The smallest absolute Gasteiger partial charge is 0.326 e. The first-order chi connectivity index (χ1) is 8.99. The van der Waals surface area contributed by atoms with Gasteiger partial charge in [-0.3, -0.25) is 0 Å². The molecular weight excluding hydrogens is 264 g/mol. The van der Waals surface area contributed by atoms with E-state index in [-0.39, 0.29) is 12.1 Å². The molecule has 0 aromatic rings. The molecule has 0 saturated carbocycles. The van der Waals surface area contributed by atoms with Gasteiger partial charge in [0.1, 0.15) is 6.04 Å². The van der Waals surface area contributed by atoms with E-state index in [1.807, 2.05) is 13.2 Å². The number of aliphatic carboxylic acids is 1. The first kappa shape index (κ1) is 16.1. The molecule has 1 aliphatic rings. The molecule has 3 unspecified atom stereocenters. The quantitative estimate of drug-likeness (QED) is 0.812. The normalized spacial score (nSPS) is 24.9. The van der Waals surface area contributed by atoms with Crippen molar-refractivity contribution in [1.29, 1.82) is 0 Å². The van der Waals surface area contributed by atoms with Gasteiger partial charge in [0.25, 0.3) is 0 Å². The largest absolute Gasteiger partial charge is 0.480 e. The zero-order valence-electron chi connectivity index (χ0n) is 11.9. The van der Waals surface area contributed by atoms with Gasteiger partial charge in [-0.05, 0) is 31.9 Å². The number of carboxylic acid groups (broad SMARTS) is 1. The molecule has 1 heterocycles. The summed E-state index contributed by atoms with van der Waals surface area (Å²) in [5.74, 6) is 0.342. The number of carbonyl (C=O) groups excluding carboxylic acids is 1. The summed E-state index contributed by atoms with van der Waals surface area (Å²) in [5.41, 5.74) is 0. The van der Waals surface area contributed by atoms with Crippen molar-refractivity contribution in [1.82, 2.24) is 10.2 Å². The van der Waals surface area contributed by atoms with E-state index in [1.165, 1.54) is 4.90 Å². The predicted molar refractivity (Wildman–Crippen MR) is 77.5 cm³/mol. The molecule has 0 radical (unpaired) electrons. The third-order valence-corrected chi connectivity index (χ3v) is 4.45. The fourth-order valence-electron chi connectivity index (χ4n) is 2.47. The Kier molecular flexibility index (Phi) is 6.48. The third-order valence-electron chi connectivity index (χ3n) is 3.62. The topological polar surface area (TPSA) is 69.6 Å². The van der Waals surface area contributed by atoms with Gasteiger partial charge in [-0.25, -0.2) is 9.59 Å². The average Bonchev–Trinajstić information content (AvgIpc) is 2.38. The van der Waals surface area contributed by atoms with E-state index in [4.69, 9.17) is 0 Å².